The summed E-state index contributed by atoms with van der Waals surface area (Å²) in [7, 11) is 3.22. The van der Waals surface area contributed by atoms with E-state index in [4.69, 9.17) is 19.2 Å². The number of thiazole rings is 1. The third kappa shape index (κ3) is 4.59. The molecule has 0 unspecified atom stereocenters. The van der Waals surface area contributed by atoms with Crippen molar-refractivity contribution >= 4 is 45.0 Å². The molecule has 2 aliphatic rings. The van der Waals surface area contributed by atoms with Crippen molar-refractivity contribution in [2.45, 2.75) is 25.8 Å². The monoisotopic (exact) mass is 616 g/mol. The molecule has 0 bridgehead atoms. The Bertz CT molecular complexity index is 1890. The average molecular weight is 618 g/mol. The third-order valence-electron chi connectivity index (χ3n) is 7.10. The van der Waals surface area contributed by atoms with Crippen molar-refractivity contribution in [3.05, 3.63) is 113 Å². The van der Waals surface area contributed by atoms with Crippen molar-refractivity contribution in [3.8, 4) is 17.2 Å². The SMILES string of the molecule is COc1ccc([C@@H]2C3=C(N=c4s/c(=C/c5ccc(OC(C)=O)c(Br)c5)c(=O)n42)c2ccccc2CC3)cc1OC. The van der Waals surface area contributed by atoms with E-state index in [1.807, 2.05) is 42.5 Å². The lowest BCUT2D eigenvalue weighted by Gasteiger charge is -2.31. The summed E-state index contributed by atoms with van der Waals surface area (Å²) in [5.74, 6) is 1.26. The summed E-state index contributed by atoms with van der Waals surface area (Å²) in [6.45, 7) is 1.36. The van der Waals surface area contributed by atoms with E-state index in [0.717, 1.165) is 40.8 Å². The van der Waals surface area contributed by atoms with Crippen LogP contribution in [0, 0.1) is 0 Å². The standard InChI is InChI=1S/C31H25BrN2O5S/c1-17(35)39-24-12-8-18(14-23(24)32)15-27-30(36)34-29(20-10-13-25(37-2)26(16-20)38-3)22-11-9-19-6-4-5-7-21(19)28(22)33-31(34)40-27/h4-8,10,12-16,29H,9,11H2,1-3H3/b27-15+/t29-/m1/s1. The van der Waals surface area contributed by atoms with E-state index >= 15 is 0 Å². The Morgan fingerprint density at radius 2 is 1.80 bits per heavy atom. The summed E-state index contributed by atoms with van der Waals surface area (Å²) in [6, 6.07) is 19.2. The minimum absolute atomic E-state index is 0.117. The molecule has 3 aromatic carbocycles. The molecule has 2 heterocycles. The van der Waals surface area contributed by atoms with Gasteiger partial charge in [0, 0.05) is 12.5 Å². The molecule has 1 aliphatic carbocycles. The summed E-state index contributed by atoms with van der Waals surface area (Å²) in [5, 5.41) is 0. The van der Waals surface area contributed by atoms with Gasteiger partial charge in [0.05, 0.1) is 35.0 Å². The van der Waals surface area contributed by atoms with Crippen LogP contribution in [-0.2, 0) is 11.2 Å². The van der Waals surface area contributed by atoms with Gasteiger partial charge in [0.15, 0.2) is 16.3 Å². The van der Waals surface area contributed by atoms with Gasteiger partial charge < -0.3 is 14.2 Å². The van der Waals surface area contributed by atoms with E-state index in [1.54, 1.807) is 24.9 Å². The number of hydrogen-bond donors (Lipinski definition) is 0. The molecule has 1 atom stereocenters. The quantitative estimate of drug-likeness (QED) is 0.232. The van der Waals surface area contributed by atoms with Gasteiger partial charge >= 0.3 is 5.97 Å². The van der Waals surface area contributed by atoms with Gasteiger partial charge in [-0.15, -0.1) is 0 Å². The summed E-state index contributed by atoms with van der Waals surface area (Å²) in [4.78, 5) is 31.1. The Balaban J connectivity index is 1.56. The number of fused-ring (bicyclic) bond motifs is 3. The lowest BCUT2D eigenvalue weighted by Crippen LogP contribution is -2.38. The van der Waals surface area contributed by atoms with Crippen LogP contribution < -0.4 is 29.1 Å². The van der Waals surface area contributed by atoms with Crippen LogP contribution in [-0.4, -0.2) is 24.8 Å². The molecule has 0 saturated carbocycles. The number of esters is 1. The number of halogens is 1. The van der Waals surface area contributed by atoms with Gasteiger partial charge in [-0.25, -0.2) is 4.99 Å². The van der Waals surface area contributed by atoms with Crippen molar-refractivity contribution < 1.29 is 19.0 Å². The lowest BCUT2D eigenvalue weighted by atomic mass is 9.83. The van der Waals surface area contributed by atoms with Gasteiger partial charge in [0.25, 0.3) is 5.56 Å². The van der Waals surface area contributed by atoms with Gasteiger partial charge in [-0.2, -0.15) is 0 Å². The second-order valence-corrected chi connectivity index (χ2v) is 11.4. The molecule has 0 spiro atoms. The molecule has 1 aromatic heterocycles. The van der Waals surface area contributed by atoms with E-state index in [9.17, 15) is 9.59 Å². The Hall–Kier alpha value is -3.95. The van der Waals surface area contributed by atoms with E-state index in [0.29, 0.717) is 31.1 Å². The summed E-state index contributed by atoms with van der Waals surface area (Å²) < 4.78 is 19.3. The highest BCUT2D eigenvalue weighted by Crippen LogP contribution is 2.42. The number of hydrogen-bond acceptors (Lipinski definition) is 7. The largest absolute Gasteiger partial charge is 0.493 e. The molecule has 0 saturated heterocycles. The predicted octanol–water partition coefficient (Wildman–Crippen LogP) is 5.02. The normalized spacial score (nSPS) is 16.0. The van der Waals surface area contributed by atoms with Crippen molar-refractivity contribution in [3.63, 3.8) is 0 Å². The average Bonchev–Trinajstić information content (AvgIpc) is 3.26. The zero-order valence-electron chi connectivity index (χ0n) is 22.1. The number of nitrogens with zero attached hydrogens (tertiary/aromatic N) is 2. The number of carbonyl (C=O) groups excluding carboxylic acids is 1. The highest BCUT2D eigenvalue weighted by atomic mass is 79.9. The van der Waals surface area contributed by atoms with Crippen molar-refractivity contribution in [2.24, 2.45) is 4.99 Å². The zero-order chi connectivity index (χ0) is 28.0. The number of aryl methyl sites for hydroxylation is 1. The second-order valence-electron chi connectivity index (χ2n) is 9.51. The molecule has 0 amide bonds. The molecule has 6 rings (SSSR count). The van der Waals surface area contributed by atoms with Crippen LogP contribution in [0.2, 0.25) is 0 Å². The molecule has 9 heteroatoms. The number of methoxy groups -OCH3 is 2. The third-order valence-corrected chi connectivity index (χ3v) is 8.71. The van der Waals surface area contributed by atoms with Crippen LogP contribution in [0.25, 0.3) is 11.8 Å². The maximum absolute atomic E-state index is 14.0. The second kappa shape index (κ2) is 10.6. The number of ether oxygens (including phenoxy) is 3. The fourth-order valence-corrected chi connectivity index (χ4v) is 6.82. The highest BCUT2D eigenvalue weighted by Gasteiger charge is 2.33. The van der Waals surface area contributed by atoms with Crippen LogP contribution in [0.3, 0.4) is 0 Å². The van der Waals surface area contributed by atoms with Gasteiger partial charge in [0.2, 0.25) is 0 Å². The Morgan fingerprint density at radius 3 is 2.55 bits per heavy atom. The number of aromatic nitrogens is 1. The van der Waals surface area contributed by atoms with Gasteiger partial charge in [-0.1, -0.05) is 47.7 Å². The lowest BCUT2D eigenvalue weighted by molar-refractivity contribution is -0.131. The van der Waals surface area contributed by atoms with Crippen LogP contribution in [0.1, 0.15) is 41.6 Å². The molecule has 0 N–H and O–H groups in total. The maximum atomic E-state index is 14.0. The zero-order valence-corrected chi connectivity index (χ0v) is 24.5. The Kier molecular flexibility index (Phi) is 6.93. The first-order chi connectivity index (χ1) is 19.4. The molecule has 0 radical (unpaired) electrons. The molecule has 40 heavy (non-hydrogen) atoms. The molecular weight excluding hydrogens is 592 g/mol. The van der Waals surface area contributed by atoms with E-state index < -0.39 is 5.97 Å². The number of benzene rings is 3. The van der Waals surface area contributed by atoms with Gasteiger partial charge in [-0.3, -0.25) is 14.2 Å². The van der Waals surface area contributed by atoms with E-state index in [1.165, 1.54) is 23.8 Å². The minimum Gasteiger partial charge on any atom is -0.493 e. The smallest absolute Gasteiger partial charge is 0.308 e. The first-order valence-electron chi connectivity index (χ1n) is 12.7. The first kappa shape index (κ1) is 26.3. The Labute approximate surface area is 242 Å². The molecular formula is C31H25BrN2O5S. The van der Waals surface area contributed by atoms with Crippen molar-refractivity contribution in [2.75, 3.05) is 14.2 Å². The number of carbonyl (C=O) groups is 1. The fraction of sp³-hybridized carbons (Fsp3) is 0.194. The van der Waals surface area contributed by atoms with Crippen LogP contribution >= 0.6 is 27.3 Å². The number of rotatable bonds is 5. The van der Waals surface area contributed by atoms with Crippen molar-refractivity contribution in [1.82, 2.24) is 4.57 Å². The Morgan fingerprint density at radius 1 is 1.02 bits per heavy atom. The van der Waals surface area contributed by atoms with Gasteiger partial charge in [0.1, 0.15) is 5.75 Å². The van der Waals surface area contributed by atoms with Crippen LogP contribution in [0.5, 0.6) is 17.2 Å². The van der Waals surface area contributed by atoms with Crippen LogP contribution in [0.4, 0.5) is 0 Å². The van der Waals surface area contributed by atoms with Crippen LogP contribution in [0.15, 0.2) is 80.5 Å². The minimum atomic E-state index is -0.400. The molecule has 202 valence electrons. The van der Waals surface area contributed by atoms with Gasteiger partial charge in [-0.05, 0) is 81.4 Å². The number of allylic oxidation sites excluding steroid dienone is 1. The first-order valence-corrected chi connectivity index (χ1v) is 14.3. The predicted molar refractivity (Wildman–Crippen MR) is 158 cm³/mol. The van der Waals surface area contributed by atoms with Crippen molar-refractivity contribution in [1.29, 1.82) is 0 Å². The van der Waals surface area contributed by atoms with E-state index in [-0.39, 0.29) is 11.6 Å². The summed E-state index contributed by atoms with van der Waals surface area (Å²) >= 11 is 4.82. The maximum Gasteiger partial charge on any atom is 0.308 e. The summed E-state index contributed by atoms with van der Waals surface area (Å²) in [5.41, 5.74) is 6.02. The highest BCUT2D eigenvalue weighted by molar-refractivity contribution is 9.10. The molecule has 1 aliphatic heterocycles. The molecule has 0 fully saturated rings. The van der Waals surface area contributed by atoms with E-state index in [2.05, 4.69) is 34.1 Å². The topological polar surface area (TPSA) is 79.1 Å². The summed E-state index contributed by atoms with van der Waals surface area (Å²) in [6.07, 6.45) is 3.51. The molecule has 7 nitrogen and oxygen atoms in total. The fourth-order valence-electron chi connectivity index (χ4n) is 5.34. The molecule has 4 aromatic rings.